The van der Waals surface area contributed by atoms with E-state index in [0.717, 1.165) is 32.9 Å². The number of hydrogen-bond donors (Lipinski definition) is 5. The number of aromatic amines is 2. The number of rotatable bonds is 7. The van der Waals surface area contributed by atoms with Crippen LogP contribution < -0.4 is 33.5 Å². The zero-order valence-electron chi connectivity index (χ0n) is 35.3. The number of aliphatic carboxylic acids is 1. The van der Waals surface area contributed by atoms with Gasteiger partial charge in [0.15, 0.2) is 22.3 Å². The van der Waals surface area contributed by atoms with Crippen LogP contribution in [0.5, 0.6) is 0 Å². The fourth-order valence-electron chi connectivity index (χ4n) is 6.23. The van der Waals surface area contributed by atoms with E-state index >= 15 is 0 Å². The number of hydrogen-bond acceptors (Lipinski definition) is 15. The number of imidazole rings is 2. The Hall–Kier alpha value is -7.82. The molecule has 0 spiro atoms. The van der Waals surface area contributed by atoms with E-state index in [1.807, 2.05) is 0 Å². The third kappa shape index (κ3) is 10.6. The van der Waals surface area contributed by atoms with Gasteiger partial charge in [0.25, 0.3) is 11.1 Å². The van der Waals surface area contributed by atoms with E-state index in [0.29, 0.717) is 27.0 Å². The molecule has 21 nitrogen and oxygen atoms in total. The number of carbonyl (C=O) groups excluding carboxylic acids is 1. The predicted octanol–water partition coefficient (Wildman–Crippen LogP) is 5.29. The van der Waals surface area contributed by atoms with Gasteiger partial charge in [-0.1, -0.05) is 7.43 Å². The number of thiazole rings is 2. The van der Waals surface area contributed by atoms with E-state index < -0.39 is 70.2 Å². The van der Waals surface area contributed by atoms with Crippen molar-refractivity contribution in [2.45, 2.75) is 59.6 Å². The van der Waals surface area contributed by atoms with Crippen LogP contribution in [0.2, 0.25) is 0 Å². The van der Waals surface area contributed by atoms with Crippen molar-refractivity contribution >= 4 is 68.5 Å². The number of carboxylic acid groups (broad SMARTS) is 1. The number of halogens is 6. The molecule has 29 heteroatoms. The molecule has 0 radical (unpaired) electrons. The summed E-state index contributed by atoms with van der Waals surface area (Å²) in [7, 11) is 2.89. The van der Waals surface area contributed by atoms with E-state index in [-0.39, 0.29) is 46.7 Å². The number of pyridine rings is 2. The summed E-state index contributed by atoms with van der Waals surface area (Å²) in [6, 6.07) is 0.929. The topological polar surface area (TPSA) is 289 Å². The maximum Gasteiger partial charge on any atom is 0.433 e. The number of nitrogens with zero attached hydrogens (tertiary/aromatic N) is 10. The van der Waals surface area contributed by atoms with Crippen LogP contribution in [0.25, 0.3) is 43.5 Å². The molecule has 6 N–H and O–H groups in total. The minimum absolute atomic E-state index is 0. The van der Waals surface area contributed by atoms with Gasteiger partial charge in [-0.25, -0.2) is 34.3 Å². The van der Waals surface area contributed by atoms with Gasteiger partial charge >= 0.3 is 29.7 Å². The Morgan fingerprint density at radius 3 is 1.54 bits per heavy atom. The van der Waals surface area contributed by atoms with Gasteiger partial charge in [-0.3, -0.25) is 43.5 Å². The number of aryl methyl sites for hydroxylation is 4. The first-order valence-corrected chi connectivity index (χ1v) is 20.6. The monoisotopic (exact) mass is 992 g/mol. The third-order valence-corrected chi connectivity index (χ3v) is 11.5. The lowest BCUT2D eigenvalue weighted by Gasteiger charge is -2.13. The third-order valence-electron chi connectivity index (χ3n) is 9.70. The van der Waals surface area contributed by atoms with Crippen molar-refractivity contribution < 1.29 is 41.0 Å². The maximum absolute atomic E-state index is 12.9. The van der Waals surface area contributed by atoms with Gasteiger partial charge in [-0.2, -0.15) is 26.3 Å². The average Bonchev–Trinajstić information content (AvgIpc) is 4.08. The molecule has 0 aliphatic rings. The number of nitrogen functional groups attached to an aromatic ring is 1. The Kier molecular flexibility index (Phi) is 14.7. The molecule has 1 amide bonds. The maximum atomic E-state index is 12.9. The Morgan fingerprint density at radius 1 is 0.721 bits per heavy atom. The van der Waals surface area contributed by atoms with E-state index in [4.69, 9.17) is 10.8 Å². The minimum Gasteiger partial charge on any atom is -0.480 e. The molecular formula is C39H38F6N14O7S2. The van der Waals surface area contributed by atoms with Crippen LogP contribution >= 0.6 is 22.7 Å². The molecule has 0 bridgehead atoms. The average molecular weight is 993 g/mol. The largest absolute Gasteiger partial charge is 0.480 e. The van der Waals surface area contributed by atoms with Crippen LogP contribution in [0.4, 0.5) is 38.0 Å². The number of carboxylic acids is 1. The first-order chi connectivity index (χ1) is 31.3. The number of aromatic nitrogens is 12. The van der Waals surface area contributed by atoms with Crippen molar-refractivity contribution in [3.63, 3.8) is 0 Å². The Balaban J connectivity index is 0.000000208. The lowest BCUT2D eigenvalue weighted by atomic mass is 10.1. The molecule has 2 atom stereocenters. The van der Waals surface area contributed by atoms with E-state index in [1.54, 1.807) is 5.38 Å². The van der Waals surface area contributed by atoms with Crippen molar-refractivity contribution in [1.29, 1.82) is 0 Å². The van der Waals surface area contributed by atoms with Crippen molar-refractivity contribution in [2.24, 2.45) is 14.1 Å². The van der Waals surface area contributed by atoms with E-state index in [1.165, 1.54) is 92.4 Å². The molecular weight excluding hydrogens is 955 g/mol. The van der Waals surface area contributed by atoms with Gasteiger partial charge in [0.1, 0.15) is 45.1 Å². The van der Waals surface area contributed by atoms with Crippen molar-refractivity contribution in [3.8, 4) is 21.1 Å². The van der Waals surface area contributed by atoms with E-state index in [2.05, 4.69) is 45.2 Å². The molecule has 0 saturated carbocycles. The molecule has 8 rings (SSSR count). The number of amides is 1. The zero-order chi connectivity index (χ0) is 49.4. The summed E-state index contributed by atoms with van der Waals surface area (Å²) in [5.41, 5.74) is 2.45. The molecule has 68 heavy (non-hydrogen) atoms. The standard InChI is InChI=1S/C19H16F3N7O3S.C10H8F3N3S.C9H10N4O4.CH4/c1-8-4-10(5-23-13(8)19(20,21)22)17-26-11(6-33-17)25-15(30)9(2)29-7-24-14-12(29)16(31)27-18(32)28(14)3;1-5-2-6(9-16-7(14)4-17-9)3-15-8(5)10(11,12)13;1-4(8(15)16)13-3-10-6-5(13)7(14)11-9(17)12(6)2;/h4-7,9H,1-3H3,(H,25,30)(H,27,31,32);2-4H,14H2,1H3;3-4H,1-2H3,(H,15,16)(H,11,14,17);1H4/t9-;;4-;/m0.0./s1. The van der Waals surface area contributed by atoms with Crippen LogP contribution in [0.15, 0.2) is 67.1 Å². The van der Waals surface area contributed by atoms with Crippen molar-refractivity contribution in [1.82, 2.24) is 58.1 Å². The number of nitrogens with one attached hydrogen (secondary N) is 3. The lowest BCUT2D eigenvalue weighted by molar-refractivity contribution is -0.142. The van der Waals surface area contributed by atoms with Crippen LogP contribution in [-0.4, -0.2) is 75.1 Å². The normalized spacial score (nSPS) is 12.4. The van der Waals surface area contributed by atoms with Gasteiger partial charge in [0.2, 0.25) is 5.91 Å². The highest BCUT2D eigenvalue weighted by molar-refractivity contribution is 7.13. The van der Waals surface area contributed by atoms with Crippen LogP contribution in [0.3, 0.4) is 0 Å². The number of nitrogens with two attached hydrogens (primary N) is 1. The lowest BCUT2D eigenvalue weighted by Crippen LogP contribution is -2.31. The summed E-state index contributed by atoms with van der Waals surface area (Å²) in [5.74, 6) is -1.06. The highest BCUT2D eigenvalue weighted by Gasteiger charge is 2.35. The van der Waals surface area contributed by atoms with Gasteiger partial charge in [-0.15, -0.1) is 22.7 Å². The Labute approximate surface area is 384 Å². The zero-order valence-corrected chi connectivity index (χ0v) is 36.9. The minimum atomic E-state index is -4.55. The van der Waals surface area contributed by atoms with Gasteiger partial charge < -0.3 is 25.3 Å². The second kappa shape index (κ2) is 19.6. The SMILES string of the molecule is C.C[C@@H](C(=O)O)n1cnc2c1c(=O)[nH]c(=O)n2C.Cc1cc(-c2nc(N)cs2)cnc1C(F)(F)F.Cc1cc(-c2nc(NC(=O)[C@H](C)n3cnc4c3c(=O)[nH]c(=O)n4C)cs2)cnc1C(F)(F)F. The molecule has 360 valence electrons. The second-order valence-electron chi connectivity index (χ2n) is 14.4. The second-order valence-corrected chi connectivity index (χ2v) is 16.1. The Morgan fingerprint density at radius 2 is 1.15 bits per heavy atom. The summed E-state index contributed by atoms with van der Waals surface area (Å²) >= 11 is 2.39. The predicted molar refractivity (Wildman–Crippen MR) is 238 cm³/mol. The number of alkyl halides is 6. The number of H-pyrrole nitrogens is 2. The molecule has 0 aliphatic carbocycles. The first-order valence-electron chi connectivity index (χ1n) is 18.9. The summed E-state index contributed by atoms with van der Waals surface area (Å²) in [6.45, 7) is 5.64. The van der Waals surface area contributed by atoms with Gasteiger partial charge in [0, 0.05) is 48.4 Å². The van der Waals surface area contributed by atoms with Crippen LogP contribution in [0, 0.1) is 13.8 Å². The highest BCUT2D eigenvalue weighted by Crippen LogP contribution is 2.34. The molecule has 0 aliphatic heterocycles. The van der Waals surface area contributed by atoms with Crippen LogP contribution in [-0.2, 0) is 36.0 Å². The number of carbonyl (C=O) groups is 2. The van der Waals surface area contributed by atoms with E-state index in [9.17, 15) is 55.1 Å². The first kappa shape index (κ1) is 51.2. The van der Waals surface area contributed by atoms with Gasteiger partial charge in [-0.05, 0) is 51.0 Å². The summed E-state index contributed by atoms with van der Waals surface area (Å²) in [5, 5.41) is 15.6. The highest BCUT2D eigenvalue weighted by atomic mass is 32.1. The fraction of sp³-hybridized carbons (Fsp3) is 0.282. The molecule has 0 aromatic carbocycles. The van der Waals surface area contributed by atoms with Crippen molar-refractivity contribution in [2.75, 3.05) is 11.1 Å². The van der Waals surface area contributed by atoms with Crippen molar-refractivity contribution in [3.05, 3.63) is 112 Å². The van der Waals surface area contributed by atoms with Crippen LogP contribution in [0.1, 0.15) is 55.9 Å². The summed E-state index contributed by atoms with van der Waals surface area (Å²) in [6.07, 6.45) is -4.22. The summed E-state index contributed by atoms with van der Waals surface area (Å²) < 4.78 is 81.1. The number of anilines is 2. The molecule has 8 heterocycles. The summed E-state index contributed by atoms with van der Waals surface area (Å²) in [4.78, 5) is 97.9. The molecule has 8 aromatic rings. The quantitative estimate of drug-likeness (QED) is 0.127. The smallest absolute Gasteiger partial charge is 0.433 e. The molecule has 8 aromatic heterocycles. The van der Waals surface area contributed by atoms with Gasteiger partial charge in [0.05, 0.1) is 12.7 Å². The molecule has 0 fully saturated rings. The molecule has 0 saturated heterocycles. The molecule has 0 unspecified atom stereocenters. The Bertz CT molecular complexity index is 3440. The number of fused-ring (bicyclic) bond motifs is 2. The fourth-order valence-corrected chi connectivity index (χ4v) is 7.65.